The summed E-state index contributed by atoms with van der Waals surface area (Å²) in [5.41, 5.74) is 0. The van der Waals surface area contributed by atoms with Gasteiger partial charge in [0.25, 0.3) is 5.91 Å². The molecular weight excluding hydrogens is 194 g/mol. The van der Waals surface area contributed by atoms with Crippen molar-refractivity contribution in [3.05, 3.63) is 0 Å². The van der Waals surface area contributed by atoms with Crippen molar-refractivity contribution in [3.63, 3.8) is 0 Å². The molecule has 2 aliphatic heterocycles. The summed E-state index contributed by atoms with van der Waals surface area (Å²) in [7, 11) is 1.69. The van der Waals surface area contributed by atoms with Crippen LogP contribution in [-0.4, -0.2) is 54.0 Å². The lowest BCUT2D eigenvalue weighted by molar-refractivity contribution is -0.129. The molecule has 84 valence electrons. The largest absolute Gasteiger partial charge is 0.327 e. The van der Waals surface area contributed by atoms with Crippen LogP contribution in [0.2, 0.25) is 0 Å². The van der Waals surface area contributed by atoms with E-state index in [0.717, 1.165) is 25.9 Å². The Morgan fingerprint density at radius 2 is 1.87 bits per heavy atom. The molecule has 5 nitrogen and oxygen atoms in total. The van der Waals surface area contributed by atoms with Gasteiger partial charge in [0.15, 0.2) is 0 Å². The monoisotopic (exact) mass is 211 g/mol. The zero-order chi connectivity index (χ0) is 11.0. The summed E-state index contributed by atoms with van der Waals surface area (Å²) in [6.07, 6.45) is 1.75. The van der Waals surface area contributed by atoms with Gasteiger partial charge >= 0.3 is 6.03 Å². The highest BCUT2D eigenvalue weighted by Crippen LogP contribution is 2.22. The van der Waals surface area contributed by atoms with Gasteiger partial charge in [-0.3, -0.25) is 9.69 Å². The molecule has 3 amide bonds. The van der Waals surface area contributed by atoms with Gasteiger partial charge in [0, 0.05) is 13.1 Å². The third-order valence-corrected chi connectivity index (χ3v) is 3.36. The predicted octanol–water partition coefficient (Wildman–Crippen LogP) is 0.0209. The minimum Gasteiger partial charge on any atom is -0.317 e. The van der Waals surface area contributed by atoms with E-state index in [2.05, 4.69) is 5.32 Å². The average molecular weight is 211 g/mol. The first kappa shape index (κ1) is 10.4. The topological polar surface area (TPSA) is 52.7 Å². The van der Waals surface area contributed by atoms with Gasteiger partial charge in [-0.1, -0.05) is 0 Å². The zero-order valence-corrected chi connectivity index (χ0v) is 9.19. The van der Waals surface area contributed by atoms with Crippen LogP contribution in [0.4, 0.5) is 4.79 Å². The number of likely N-dealkylation sites (N-methyl/N-ethyl adjacent to an activating group) is 1. The summed E-state index contributed by atoms with van der Waals surface area (Å²) in [6, 6.07) is -0.342. The number of carbonyl (C=O) groups excluding carboxylic acids is 2. The van der Waals surface area contributed by atoms with Crippen molar-refractivity contribution in [1.29, 1.82) is 0 Å². The van der Waals surface area contributed by atoms with Gasteiger partial charge in [0.05, 0.1) is 0 Å². The molecule has 2 aliphatic rings. The normalized spacial score (nSPS) is 29.1. The molecular formula is C10H17N3O2. The molecule has 0 aromatic carbocycles. The van der Waals surface area contributed by atoms with Crippen LogP contribution in [-0.2, 0) is 4.79 Å². The summed E-state index contributed by atoms with van der Waals surface area (Å²) in [6.45, 7) is 3.56. The molecule has 1 N–H and O–H groups in total. The van der Waals surface area contributed by atoms with Gasteiger partial charge in [0.1, 0.15) is 6.04 Å². The van der Waals surface area contributed by atoms with Crippen LogP contribution in [0.15, 0.2) is 0 Å². The number of amides is 3. The van der Waals surface area contributed by atoms with E-state index in [-0.39, 0.29) is 24.0 Å². The second-order valence-corrected chi connectivity index (χ2v) is 4.26. The van der Waals surface area contributed by atoms with E-state index < -0.39 is 0 Å². The molecule has 0 bridgehead atoms. The molecule has 1 unspecified atom stereocenters. The molecule has 0 aromatic heterocycles. The van der Waals surface area contributed by atoms with E-state index in [1.165, 1.54) is 9.80 Å². The van der Waals surface area contributed by atoms with Crippen LogP contribution in [0.1, 0.15) is 19.8 Å². The fourth-order valence-corrected chi connectivity index (χ4v) is 2.20. The van der Waals surface area contributed by atoms with Crippen LogP contribution >= 0.6 is 0 Å². The van der Waals surface area contributed by atoms with Gasteiger partial charge in [-0.2, -0.15) is 0 Å². The SMILES string of the molecule is CC1C(=O)N(C2CCNCC2)C(=O)N1C. The highest BCUT2D eigenvalue weighted by molar-refractivity contribution is 6.04. The molecule has 1 atom stereocenters. The van der Waals surface area contributed by atoms with Crippen LogP contribution in [0, 0.1) is 0 Å². The second-order valence-electron chi connectivity index (χ2n) is 4.26. The molecule has 0 spiro atoms. The number of nitrogens with one attached hydrogen (secondary N) is 1. The van der Waals surface area contributed by atoms with E-state index in [1.54, 1.807) is 14.0 Å². The molecule has 0 radical (unpaired) electrons. The van der Waals surface area contributed by atoms with Crippen LogP contribution in [0.3, 0.4) is 0 Å². The van der Waals surface area contributed by atoms with Crippen molar-refractivity contribution in [1.82, 2.24) is 15.1 Å². The molecule has 0 aliphatic carbocycles. The molecule has 2 fully saturated rings. The maximum atomic E-state index is 11.9. The van der Waals surface area contributed by atoms with E-state index in [9.17, 15) is 9.59 Å². The maximum Gasteiger partial charge on any atom is 0.327 e. The third-order valence-electron chi connectivity index (χ3n) is 3.36. The van der Waals surface area contributed by atoms with Crippen LogP contribution in [0.25, 0.3) is 0 Å². The van der Waals surface area contributed by atoms with Crippen molar-refractivity contribution in [2.24, 2.45) is 0 Å². The predicted molar refractivity (Wildman–Crippen MR) is 55.4 cm³/mol. The minimum atomic E-state index is -0.299. The number of nitrogens with zero attached hydrogens (tertiary/aromatic N) is 2. The lowest BCUT2D eigenvalue weighted by Gasteiger charge is -2.29. The number of urea groups is 1. The van der Waals surface area contributed by atoms with E-state index in [1.807, 2.05) is 0 Å². The van der Waals surface area contributed by atoms with Crippen molar-refractivity contribution >= 4 is 11.9 Å². The van der Waals surface area contributed by atoms with Gasteiger partial charge in [-0.25, -0.2) is 4.79 Å². The number of imide groups is 1. The summed E-state index contributed by atoms with van der Waals surface area (Å²) >= 11 is 0. The van der Waals surface area contributed by atoms with Gasteiger partial charge in [0.2, 0.25) is 0 Å². The molecule has 0 saturated carbocycles. The smallest absolute Gasteiger partial charge is 0.317 e. The van der Waals surface area contributed by atoms with Crippen molar-refractivity contribution in [2.75, 3.05) is 20.1 Å². The minimum absolute atomic E-state index is 0.0469. The maximum absolute atomic E-state index is 11.9. The Morgan fingerprint density at radius 1 is 1.27 bits per heavy atom. The molecule has 15 heavy (non-hydrogen) atoms. The van der Waals surface area contributed by atoms with Crippen LogP contribution in [0.5, 0.6) is 0 Å². The lowest BCUT2D eigenvalue weighted by atomic mass is 10.1. The number of rotatable bonds is 1. The fourth-order valence-electron chi connectivity index (χ4n) is 2.20. The first-order valence-corrected chi connectivity index (χ1v) is 5.43. The number of carbonyl (C=O) groups is 2. The van der Waals surface area contributed by atoms with Crippen molar-refractivity contribution < 1.29 is 9.59 Å². The molecule has 5 heteroatoms. The number of piperidine rings is 1. The quantitative estimate of drug-likeness (QED) is 0.622. The van der Waals surface area contributed by atoms with Crippen LogP contribution < -0.4 is 5.32 Å². The highest BCUT2D eigenvalue weighted by Gasteiger charge is 2.43. The summed E-state index contributed by atoms with van der Waals surface area (Å²) in [5, 5.41) is 3.23. The van der Waals surface area contributed by atoms with Crippen molar-refractivity contribution in [2.45, 2.75) is 31.8 Å². The van der Waals surface area contributed by atoms with Gasteiger partial charge in [-0.15, -0.1) is 0 Å². The first-order valence-electron chi connectivity index (χ1n) is 5.43. The fraction of sp³-hybridized carbons (Fsp3) is 0.800. The standard InChI is InChI=1S/C10H17N3O2/c1-7-9(14)13(10(15)12(7)2)8-3-5-11-6-4-8/h7-8,11H,3-6H2,1-2H3. The average Bonchev–Trinajstić information content (AvgIpc) is 2.45. The molecule has 2 rings (SSSR count). The Hall–Kier alpha value is -1.10. The molecule has 0 aromatic rings. The summed E-state index contributed by atoms with van der Waals surface area (Å²) in [5.74, 6) is -0.0469. The molecule has 2 saturated heterocycles. The second kappa shape index (κ2) is 3.81. The van der Waals surface area contributed by atoms with E-state index >= 15 is 0 Å². The Labute approximate surface area is 89.4 Å². The Balaban J connectivity index is 2.14. The highest BCUT2D eigenvalue weighted by atomic mass is 16.2. The van der Waals surface area contributed by atoms with Gasteiger partial charge in [-0.05, 0) is 32.9 Å². The summed E-state index contributed by atoms with van der Waals surface area (Å²) < 4.78 is 0. The van der Waals surface area contributed by atoms with Crippen molar-refractivity contribution in [3.8, 4) is 0 Å². The zero-order valence-electron chi connectivity index (χ0n) is 9.19. The van der Waals surface area contributed by atoms with E-state index in [4.69, 9.17) is 0 Å². The third kappa shape index (κ3) is 1.61. The Kier molecular flexibility index (Phi) is 2.65. The molecule has 2 heterocycles. The number of hydrogen-bond donors (Lipinski definition) is 1. The number of hydrogen-bond acceptors (Lipinski definition) is 3. The van der Waals surface area contributed by atoms with E-state index in [0.29, 0.717) is 0 Å². The lowest BCUT2D eigenvalue weighted by Crippen LogP contribution is -2.46. The summed E-state index contributed by atoms with van der Waals surface area (Å²) in [4.78, 5) is 26.7. The van der Waals surface area contributed by atoms with Gasteiger partial charge < -0.3 is 10.2 Å². The first-order chi connectivity index (χ1) is 7.13. The Morgan fingerprint density at radius 3 is 2.33 bits per heavy atom. The Bertz CT molecular complexity index is 266.